The van der Waals surface area contributed by atoms with Crippen LogP contribution in [0.2, 0.25) is 0 Å². The minimum atomic E-state index is -3.80. The third-order valence-corrected chi connectivity index (χ3v) is 6.30. The fourth-order valence-electron chi connectivity index (χ4n) is 3.03. The van der Waals surface area contributed by atoms with E-state index in [0.29, 0.717) is 13.1 Å². The van der Waals surface area contributed by atoms with E-state index in [1.54, 1.807) is 4.90 Å². The average Bonchev–Trinajstić information content (AvgIpc) is 2.62. The first-order valence-corrected chi connectivity index (χ1v) is 9.41. The number of carbonyl (C=O) groups excluding carboxylic acids is 1. The van der Waals surface area contributed by atoms with E-state index < -0.39 is 21.9 Å². The van der Waals surface area contributed by atoms with Crippen LogP contribution in [-0.4, -0.2) is 43.2 Å². The number of halogens is 1. The molecule has 0 spiro atoms. The number of hydrogen-bond acceptors (Lipinski definition) is 3. The lowest BCUT2D eigenvalue weighted by Gasteiger charge is -2.40. The summed E-state index contributed by atoms with van der Waals surface area (Å²) in [6.45, 7) is 2.30. The highest BCUT2D eigenvalue weighted by atomic mass is 32.2. The molecule has 0 aliphatic carbocycles. The van der Waals surface area contributed by atoms with Crippen molar-refractivity contribution in [2.45, 2.75) is 17.9 Å². The van der Waals surface area contributed by atoms with Crippen LogP contribution in [-0.2, 0) is 14.8 Å². The smallest absolute Gasteiger partial charge is 0.243 e. The van der Waals surface area contributed by atoms with Crippen LogP contribution in [0.15, 0.2) is 59.5 Å². The maximum atomic E-state index is 13.1. The molecule has 1 aliphatic rings. The van der Waals surface area contributed by atoms with Crippen LogP contribution >= 0.6 is 0 Å². The Labute approximate surface area is 146 Å². The first-order chi connectivity index (χ1) is 11.9. The van der Waals surface area contributed by atoms with Crippen LogP contribution in [0.5, 0.6) is 0 Å². The SMILES string of the molecule is CC(=O)N1CCN(S(=O)(=O)c2ccc(F)cc2)C(c2ccccc2)C1. The molecule has 1 unspecified atom stereocenters. The van der Waals surface area contributed by atoms with Crippen molar-refractivity contribution in [3.05, 3.63) is 66.0 Å². The Kier molecular flexibility index (Phi) is 4.87. The molecule has 0 N–H and O–H groups in total. The second-order valence-corrected chi connectivity index (χ2v) is 7.85. The van der Waals surface area contributed by atoms with E-state index in [0.717, 1.165) is 17.7 Å². The molecule has 7 heteroatoms. The molecule has 3 rings (SSSR count). The second kappa shape index (κ2) is 6.93. The van der Waals surface area contributed by atoms with Gasteiger partial charge in [-0.3, -0.25) is 4.79 Å². The normalized spacial score (nSPS) is 19.0. The summed E-state index contributed by atoms with van der Waals surface area (Å²) in [4.78, 5) is 13.5. The van der Waals surface area contributed by atoms with E-state index in [1.807, 2.05) is 30.3 Å². The highest BCUT2D eigenvalue weighted by Gasteiger charge is 2.37. The molecule has 1 amide bonds. The molecule has 25 heavy (non-hydrogen) atoms. The van der Waals surface area contributed by atoms with Crippen molar-refractivity contribution in [1.29, 1.82) is 0 Å². The molecule has 0 saturated carbocycles. The monoisotopic (exact) mass is 362 g/mol. The van der Waals surface area contributed by atoms with Crippen molar-refractivity contribution < 1.29 is 17.6 Å². The van der Waals surface area contributed by atoms with Crippen molar-refractivity contribution in [1.82, 2.24) is 9.21 Å². The largest absolute Gasteiger partial charge is 0.340 e. The van der Waals surface area contributed by atoms with Crippen molar-refractivity contribution >= 4 is 15.9 Å². The van der Waals surface area contributed by atoms with Crippen molar-refractivity contribution in [2.24, 2.45) is 0 Å². The molecule has 1 saturated heterocycles. The minimum absolute atomic E-state index is 0.0473. The molecule has 0 aromatic heterocycles. The number of carbonyl (C=O) groups is 1. The Bertz CT molecular complexity index is 854. The van der Waals surface area contributed by atoms with Crippen molar-refractivity contribution in [3.63, 3.8) is 0 Å². The van der Waals surface area contributed by atoms with E-state index in [1.165, 1.54) is 23.4 Å². The summed E-state index contributed by atoms with van der Waals surface area (Å²) in [5.74, 6) is -0.570. The van der Waals surface area contributed by atoms with Gasteiger partial charge in [0.15, 0.2) is 0 Å². The van der Waals surface area contributed by atoms with E-state index >= 15 is 0 Å². The van der Waals surface area contributed by atoms with Crippen LogP contribution in [0.1, 0.15) is 18.5 Å². The van der Waals surface area contributed by atoms with Gasteiger partial charge in [-0.1, -0.05) is 30.3 Å². The molecule has 1 heterocycles. The summed E-state index contributed by atoms with van der Waals surface area (Å²) in [6, 6.07) is 13.6. The molecule has 0 bridgehead atoms. The Morgan fingerprint density at radius 3 is 2.28 bits per heavy atom. The van der Waals surface area contributed by atoms with Gasteiger partial charge in [-0.2, -0.15) is 4.31 Å². The summed E-state index contributed by atoms with van der Waals surface area (Å²) in [7, 11) is -3.80. The van der Waals surface area contributed by atoms with E-state index in [4.69, 9.17) is 0 Å². The lowest BCUT2D eigenvalue weighted by atomic mass is 10.0. The lowest BCUT2D eigenvalue weighted by molar-refractivity contribution is -0.131. The van der Waals surface area contributed by atoms with E-state index in [2.05, 4.69) is 0 Å². The maximum absolute atomic E-state index is 13.1. The number of hydrogen-bond donors (Lipinski definition) is 0. The molecule has 132 valence electrons. The Morgan fingerprint density at radius 1 is 1.04 bits per heavy atom. The zero-order chi connectivity index (χ0) is 18.0. The van der Waals surface area contributed by atoms with Gasteiger partial charge in [-0.15, -0.1) is 0 Å². The predicted molar refractivity (Wildman–Crippen MR) is 91.7 cm³/mol. The second-order valence-electron chi connectivity index (χ2n) is 5.96. The van der Waals surface area contributed by atoms with Gasteiger partial charge in [0.1, 0.15) is 5.82 Å². The number of piperazine rings is 1. The number of sulfonamides is 1. The number of nitrogens with zero attached hydrogens (tertiary/aromatic N) is 2. The molecular weight excluding hydrogens is 343 g/mol. The zero-order valence-corrected chi connectivity index (χ0v) is 14.6. The summed E-state index contributed by atoms with van der Waals surface area (Å²) in [6.07, 6.45) is 0. The maximum Gasteiger partial charge on any atom is 0.243 e. The highest BCUT2D eigenvalue weighted by molar-refractivity contribution is 7.89. The molecule has 1 atom stereocenters. The third-order valence-electron chi connectivity index (χ3n) is 4.38. The molecule has 1 aliphatic heterocycles. The van der Waals surface area contributed by atoms with Crippen LogP contribution in [0.4, 0.5) is 4.39 Å². The molecular formula is C18H19FN2O3S. The Morgan fingerprint density at radius 2 is 1.68 bits per heavy atom. The third kappa shape index (κ3) is 3.57. The van der Waals surface area contributed by atoms with Gasteiger partial charge in [-0.05, 0) is 29.8 Å². The molecule has 2 aromatic carbocycles. The highest BCUT2D eigenvalue weighted by Crippen LogP contribution is 2.31. The van der Waals surface area contributed by atoms with Crippen molar-refractivity contribution in [2.75, 3.05) is 19.6 Å². The number of rotatable bonds is 3. The predicted octanol–water partition coefficient (Wildman–Crippen LogP) is 2.42. The van der Waals surface area contributed by atoms with Gasteiger partial charge in [0, 0.05) is 26.6 Å². The zero-order valence-electron chi connectivity index (χ0n) is 13.8. The fourth-order valence-corrected chi connectivity index (χ4v) is 4.62. The topological polar surface area (TPSA) is 57.7 Å². The Hall–Kier alpha value is -2.25. The summed E-state index contributed by atoms with van der Waals surface area (Å²) in [5.41, 5.74) is 0.819. The number of benzene rings is 2. The van der Waals surface area contributed by atoms with E-state index in [9.17, 15) is 17.6 Å². The molecule has 0 radical (unpaired) electrons. The van der Waals surface area contributed by atoms with Gasteiger partial charge in [0.2, 0.25) is 15.9 Å². The standard InChI is InChI=1S/C18H19FN2O3S/c1-14(22)20-11-12-21(18(13-20)15-5-3-2-4-6-15)25(23,24)17-9-7-16(19)8-10-17/h2-10,18H,11-13H2,1H3. The molecule has 5 nitrogen and oxygen atoms in total. The van der Waals surface area contributed by atoms with Gasteiger partial charge < -0.3 is 4.90 Å². The molecule has 2 aromatic rings. The van der Waals surface area contributed by atoms with Gasteiger partial charge in [0.25, 0.3) is 0 Å². The van der Waals surface area contributed by atoms with Gasteiger partial charge in [-0.25, -0.2) is 12.8 Å². The summed E-state index contributed by atoms with van der Waals surface area (Å²) in [5, 5.41) is 0. The average molecular weight is 362 g/mol. The van der Waals surface area contributed by atoms with E-state index in [-0.39, 0.29) is 17.3 Å². The van der Waals surface area contributed by atoms with Gasteiger partial charge >= 0.3 is 0 Å². The van der Waals surface area contributed by atoms with Crippen LogP contribution in [0.25, 0.3) is 0 Å². The van der Waals surface area contributed by atoms with Crippen LogP contribution in [0.3, 0.4) is 0 Å². The van der Waals surface area contributed by atoms with Crippen LogP contribution < -0.4 is 0 Å². The Balaban J connectivity index is 2.00. The lowest BCUT2D eigenvalue weighted by Crippen LogP contribution is -2.51. The first-order valence-electron chi connectivity index (χ1n) is 7.97. The van der Waals surface area contributed by atoms with Crippen molar-refractivity contribution in [3.8, 4) is 0 Å². The first kappa shape index (κ1) is 17.6. The quantitative estimate of drug-likeness (QED) is 0.843. The summed E-state index contributed by atoms with van der Waals surface area (Å²) >= 11 is 0. The minimum Gasteiger partial charge on any atom is -0.340 e. The summed E-state index contributed by atoms with van der Waals surface area (Å²) < 4.78 is 40.7. The van der Waals surface area contributed by atoms with Crippen LogP contribution in [0, 0.1) is 5.82 Å². The van der Waals surface area contributed by atoms with Gasteiger partial charge in [0.05, 0.1) is 10.9 Å². The number of amides is 1. The molecule has 1 fully saturated rings. The fraction of sp³-hybridized carbons (Fsp3) is 0.278.